The molecule has 0 unspecified atom stereocenters. The van der Waals surface area contributed by atoms with Crippen LogP contribution in [0, 0.1) is 5.82 Å². The van der Waals surface area contributed by atoms with Crippen molar-refractivity contribution in [1.82, 2.24) is 10.2 Å². The highest BCUT2D eigenvalue weighted by atomic mass is 32.1. The first-order chi connectivity index (χ1) is 11.4. The van der Waals surface area contributed by atoms with Crippen molar-refractivity contribution in [3.63, 3.8) is 0 Å². The first-order valence-corrected chi connectivity index (χ1v) is 8.40. The predicted octanol–water partition coefficient (Wildman–Crippen LogP) is 3.78. The minimum absolute atomic E-state index is 0.187. The summed E-state index contributed by atoms with van der Waals surface area (Å²) in [6.07, 6.45) is -4.91. The SMILES string of the molecule is Fc1cc([C@@H](c2ccsc2)N2CCNCC2)ccc1OC(F)(F)F. The maximum Gasteiger partial charge on any atom is 0.573 e. The van der Waals surface area contributed by atoms with E-state index >= 15 is 0 Å². The summed E-state index contributed by atoms with van der Waals surface area (Å²) in [5.41, 5.74) is 1.62. The second-order valence-electron chi connectivity index (χ2n) is 5.48. The standard InChI is InChI=1S/C16H16F4N2OS/c17-13-9-11(1-2-14(13)23-16(18,19)20)15(12-3-8-24-10-12)22-6-4-21-5-7-22/h1-3,8-10,15,21H,4-7H2/t15-/m0/s1. The highest BCUT2D eigenvalue weighted by Gasteiger charge is 2.33. The van der Waals surface area contributed by atoms with E-state index in [4.69, 9.17) is 0 Å². The van der Waals surface area contributed by atoms with Gasteiger partial charge in [0.1, 0.15) is 0 Å². The molecule has 1 saturated heterocycles. The molecular weight excluding hydrogens is 344 g/mol. The lowest BCUT2D eigenvalue weighted by Gasteiger charge is -2.35. The van der Waals surface area contributed by atoms with Gasteiger partial charge in [-0.05, 0) is 40.1 Å². The van der Waals surface area contributed by atoms with Crippen LogP contribution in [0.2, 0.25) is 0 Å². The molecule has 1 aromatic carbocycles. The molecule has 0 saturated carbocycles. The minimum atomic E-state index is -4.91. The summed E-state index contributed by atoms with van der Waals surface area (Å²) in [6.45, 7) is 3.20. The van der Waals surface area contributed by atoms with Crippen molar-refractivity contribution >= 4 is 11.3 Å². The van der Waals surface area contributed by atoms with Crippen LogP contribution in [0.5, 0.6) is 5.75 Å². The molecule has 1 aliphatic rings. The van der Waals surface area contributed by atoms with Crippen LogP contribution in [0.1, 0.15) is 17.2 Å². The van der Waals surface area contributed by atoms with Gasteiger partial charge in [0.25, 0.3) is 0 Å². The van der Waals surface area contributed by atoms with E-state index in [1.165, 1.54) is 17.4 Å². The van der Waals surface area contributed by atoms with Crippen LogP contribution in [0.4, 0.5) is 17.6 Å². The second kappa shape index (κ2) is 7.08. The van der Waals surface area contributed by atoms with Crippen molar-refractivity contribution in [2.24, 2.45) is 0 Å². The highest BCUT2D eigenvalue weighted by Crippen LogP contribution is 2.34. The average molecular weight is 360 g/mol. The molecule has 1 atom stereocenters. The van der Waals surface area contributed by atoms with E-state index in [0.717, 1.165) is 43.9 Å². The normalized spacial score (nSPS) is 17.7. The average Bonchev–Trinajstić information content (AvgIpc) is 3.04. The smallest absolute Gasteiger partial charge is 0.403 e. The Kier molecular flexibility index (Phi) is 5.07. The summed E-state index contributed by atoms with van der Waals surface area (Å²) >= 11 is 1.53. The fourth-order valence-corrected chi connectivity index (χ4v) is 3.56. The first kappa shape index (κ1) is 17.2. The molecule has 0 radical (unpaired) electrons. The van der Waals surface area contributed by atoms with Crippen molar-refractivity contribution < 1.29 is 22.3 Å². The highest BCUT2D eigenvalue weighted by molar-refractivity contribution is 7.08. The van der Waals surface area contributed by atoms with Gasteiger partial charge in [0.2, 0.25) is 0 Å². The monoisotopic (exact) mass is 360 g/mol. The van der Waals surface area contributed by atoms with Gasteiger partial charge in [-0.3, -0.25) is 4.90 Å². The Balaban J connectivity index is 1.91. The third kappa shape index (κ3) is 4.06. The number of hydrogen-bond donors (Lipinski definition) is 1. The lowest BCUT2D eigenvalue weighted by atomic mass is 9.98. The maximum atomic E-state index is 14.1. The number of halogens is 4. The number of nitrogens with zero attached hydrogens (tertiary/aromatic N) is 1. The lowest BCUT2D eigenvalue weighted by Crippen LogP contribution is -2.45. The Hall–Kier alpha value is -1.64. The summed E-state index contributed by atoms with van der Waals surface area (Å²) in [4.78, 5) is 2.19. The molecule has 1 aliphatic heterocycles. The van der Waals surface area contributed by atoms with Crippen molar-refractivity contribution in [2.75, 3.05) is 26.2 Å². The van der Waals surface area contributed by atoms with Crippen molar-refractivity contribution in [3.8, 4) is 5.75 Å². The van der Waals surface area contributed by atoms with Crippen molar-refractivity contribution in [1.29, 1.82) is 0 Å². The van der Waals surface area contributed by atoms with Crippen molar-refractivity contribution in [2.45, 2.75) is 12.4 Å². The Morgan fingerprint density at radius 3 is 2.46 bits per heavy atom. The van der Waals surface area contributed by atoms with Crippen LogP contribution in [-0.4, -0.2) is 37.4 Å². The van der Waals surface area contributed by atoms with Crippen molar-refractivity contribution in [3.05, 3.63) is 52.0 Å². The molecule has 1 fully saturated rings. The number of benzene rings is 1. The molecule has 24 heavy (non-hydrogen) atoms. The van der Waals surface area contributed by atoms with E-state index in [0.29, 0.717) is 5.56 Å². The number of thiophene rings is 1. The number of nitrogens with one attached hydrogen (secondary N) is 1. The van der Waals surface area contributed by atoms with Gasteiger partial charge in [-0.25, -0.2) is 4.39 Å². The van der Waals surface area contributed by atoms with Crippen LogP contribution in [-0.2, 0) is 0 Å². The second-order valence-corrected chi connectivity index (χ2v) is 6.26. The van der Waals surface area contributed by atoms with Crippen LogP contribution in [0.25, 0.3) is 0 Å². The van der Waals surface area contributed by atoms with Gasteiger partial charge in [-0.1, -0.05) is 6.07 Å². The zero-order valence-electron chi connectivity index (χ0n) is 12.6. The van der Waals surface area contributed by atoms with E-state index in [1.54, 1.807) is 0 Å². The molecule has 0 amide bonds. The summed E-state index contributed by atoms with van der Waals surface area (Å²) < 4.78 is 54.7. The van der Waals surface area contributed by atoms with Crippen LogP contribution in [0.15, 0.2) is 35.0 Å². The number of ether oxygens (including phenoxy) is 1. The topological polar surface area (TPSA) is 24.5 Å². The Morgan fingerprint density at radius 2 is 1.88 bits per heavy atom. The van der Waals surface area contributed by atoms with E-state index < -0.39 is 17.9 Å². The zero-order valence-corrected chi connectivity index (χ0v) is 13.5. The van der Waals surface area contributed by atoms with Gasteiger partial charge in [0.05, 0.1) is 6.04 Å². The molecule has 0 spiro atoms. The summed E-state index contributed by atoms with van der Waals surface area (Å²) in [5, 5.41) is 7.16. The van der Waals surface area contributed by atoms with E-state index in [2.05, 4.69) is 15.0 Å². The molecule has 130 valence electrons. The molecule has 3 nitrogen and oxygen atoms in total. The Labute approximate surface area is 140 Å². The third-order valence-electron chi connectivity index (χ3n) is 3.87. The molecule has 1 aromatic heterocycles. The first-order valence-electron chi connectivity index (χ1n) is 7.46. The molecule has 8 heteroatoms. The molecule has 1 N–H and O–H groups in total. The van der Waals surface area contributed by atoms with Crippen LogP contribution >= 0.6 is 11.3 Å². The van der Waals surface area contributed by atoms with Gasteiger partial charge >= 0.3 is 6.36 Å². The van der Waals surface area contributed by atoms with Gasteiger partial charge in [-0.15, -0.1) is 13.2 Å². The Bertz CT molecular complexity index is 669. The molecule has 2 aromatic rings. The molecular formula is C16H16F4N2OS. The largest absolute Gasteiger partial charge is 0.573 e. The van der Waals surface area contributed by atoms with Gasteiger partial charge in [0, 0.05) is 26.2 Å². The summed E-state index contributed by atoms with van der Waals surface area (Å²) in [5.74, 6) is -1.82. The number of rotatable bonds is 4. The summed E-state index contributed by atoms with van der Waals surface area (Å²) in [7, 11) is 0. The van der Waals surface area contributed by atoms with Crippen LogP contribution in [0.3, 0.4) is 0 Å². The Morgan fingerprint density at radius 1 is 1.12 bits per heavy atom. The predicted molar refractivity (Wildman–Crippen MR) is 83.7 cm³/mol. The molecule has 2 heterocycles. The van der Waals surface area contributed by atoms with E-state index in [9.17, 15) is 17.6 Å². The quantitative estimate of drug-likeness (QED) is 0.840. The van der Waals surface area contributed by atoms with E-state index in [1.807, 2.05) is 16.8 Å². The number of hydrogen-bond acceptors (Lipinski definition) is 4. The molecule has 0 bridgehead atoms. The summed E-state index contributed by atoms with van der Waals surface area (Å²) in [6, 6.07) is 5.43. The number of alkyl halides is 3. The fraction of sp³-hybridized carbons (Fsp3) is 0.375. The van der Waals surface area contributed by atoms with Gasteiger partial charge in [-0.2, -0.15) is 11.3 Å². The van der Waals surface area contributed by atoms with E-state index in [-0.39, 0.29) is 6.04 Å². The van der Waals surface area contributed by atoms with Gasteiger partial charge < -0.3 is 10.1 Å². The fourth-order valence-electron chi connectivity index (χ4n) is 2.88. The lowest BCUT2D eigenvalue weighted by molar-refractivity contribution is -0.275. The van der Waals surface area contributed by atoms with Crippen LogP contribution < -0.4 is 10.1 Å². The maximum absolute atomic E-state index is 14.1. The number of piperazine rings is 1. The zero-order chi connectivity index (χ0) is 17.2. The third-order valence-corrected chi connectivity index (χ3v) is 4.57. The molecule has 3 rings (SSSR count). The minimum Gasteiger partial charge on any atom is -0.403 e. The molecule has 0 aliphatic carbocycles. The van der Waals surface area contributed by atoms with Gasteiger partial charge in [0.15, 0.2) is 11.6 Å².